The first-order valence-electron chi connectivity index (χ1n) is 5.82. The Morgan fingerprint density at radius 2 is 2.07 bits per heavy atom. The Bertz CT molecular complexity index is 204. The molecule has 0 aromatic carbocycles. The van der Waals surface area contributed by atoms with Crippen molar-refractivity contribution in [3.05, 3.63) is 12.2 Å². The normalized spacial score (nSPS) is 21.6. The smallest absolute Gasteiger partial charge is 0.0199 e. The van der Waals surface area contributed by atoms with Crippen molar-refractivity contribution in [1.82, 2.24) is 10.2 Å². The zero-order valence-corrected chi connectivity index (χ0v) is 9.26. The van der Waals surface area contributed by atoms with Gasteiger partial charge in [0.1, 0.15) is 0 Å². The maximum atomic E-state index is 4.12. The molecule has 2 rings (SSSR count). The summed E-state index contributed by atoms with van der Waals surface area (Å²) in [6.45, 7) is 7.46. The number of rotatable bonds is 7. The van der Waals surface area contributed by atoms with Gasteiger partial charge in [-0.2, -0.15) is 0 Å². The largest absolute Gasteiger partial charge is 0.310 e. The average Bonchev–Trinajstić information content (AvgIpc) is 2.95. The molecule has 2 heteroatoms. The van der Waals surface area contributed by atoms with Crippen molar-refractivity contribution in [2.75, 3.05) is 26.7 Å². The molecule has 2 aliphatic carbocycles. The molecule has 0 saturated heterocycles. The standard InChI is InChI=1S/C12H22N2/c1-10(7-13-12-5-6-12)8-14(2)9-11-3-4-11/h11-13H,1,3-9H2,2H3. The molecule has 0 bridgehead atoms. The molecule has 0 radical (unpaired) electrons. The maximum Gasteiger partial charge on any atom is 0.0199 e. The van der Waals surface area contributed by atoms with Crippen molar-refractivity contribution in [2.24, 2.45) is 5.92 Å². The van der Waals surface area contributed by atoms with Gasteiger partial charge in [0.05, 0.1) is 0 Å². The van der Waals surface area contributed by atoms with Crippen LogP contribution < -0.4 is 5.32 Å². The van der Waals surface area contributed by atoms with Crippen LogP contribution in [0.2, 0.25) is 0 Å². The molecule has 2 fully saturated rings. The first-order chi connectivity index (χ1) is 6.74. The van der Waals surface area contributed by atoms with Crippen LogP contribution in [0, 0.1) is 5.92 Å². The van der Waals surface area contributed by atoms with E-state index in [2.05, 4.69) is 23.8 Å². The fraction of sp³-hybridized carbons (Fsp3) is 0.833. The van der Waals surface area contributed by atoms with Crippen LogP contribution in [-0.4, -0.2) is 37.6 Å². The van der Waals surface area contributed by atoms with Crippen molar-refractivity contribution in [3.8, 4) is 0 Å². The van der Waals surface area contributed by atoms with E-state index in [4.69, 9.17) is 0 Å². The van der Waals surface area contributed by atoms with Crippen LogP contribution in [-0.2, 0) is 0 Å². The monoisotopic (exact) mass is 194 g/mol. The van der Waals surface area contributed by atoms with Gasteiger partial charge in [0.25, 0.3) is 0 Å². The lowest BCUT2D eigenvalue weighted by atomic mass is 10.2. The maximum absolute atomic E-state index is 4.12. The number of nitrogens with zero attached hydrogens (tertiary/aromatic N) is 1. The molecule has 0 atom stereocenters. The molecule has 2 nitrogen and oxygen atoms in total. The Morgan fingerprint density at radius 1 is 1.36 bits per heavy atom. The van der Waals surface area contributed by atoms with E-state index in [0.29, 0.717) is 0 Å². The molecular weight excluding hydrogens is 172 g/mol. The van der Waals surface area contributed by atoms with Gasteiger partial charge in [0.15, 0.2) is 0 Å². The van der Waals surface area contributed by atoms with Crippen LogP contribution in [0.15, 0.2) is 12.2 Å². The van der Waals surface area contributed by atoms with E-state index >= 15 is 0 Å². The Hall–Kier alpha value is -0.340. The lowest BCUT2D eigenvalue weighted by molar-refractivity contribution is 0.343. The van der Waals surface area contributed by atoms with E-state index in [0.717, 1.165) is 25.0 Å². The first kappa shape index (κ1) is 10.2. The number of nitrogens with one attached hydrogen (secondary N) is 1. The Morgan fingerprint density at radius 3 is 2.64 bits per heavy atom. The van der Waals surface area contributed by atoms with Gasteiger partial charge in [-0.3, -0.25) is 0 Å². The van der Waals surface area contributed by atoms with Crippen molar-refractivity contribution in [2.45, 2.75) is 31.7 Å². The third-order valence-electron chi connectivity index (χ3n) is 2.98. The lowest BCUT2D eigenvalue weighted by Crippen LogP contribution is -2.28. The summed E-state index contributed by atoms with van der Waals surface area (Å²) in [5.41, 5.74) is 1.33. The molecule has 0 heterocycles. The van der Waals surface area contributed by atoms with E-state index in [-0.39, 0.29) is 0 Å². The molecule has 0 spiro atoms. The van der Waals surface area contributed by atoms with Crippen LogP contribution in [0.25, 0.3) is 0 Å². The molecule has 2 saturated carbocycles. The van der Waals surface area contributed by atoms with Crippen LogP contribution in [0.5, 0.6) is 0 Å². The molecular formula is C12H22N2. The molecule has 80 valence electrons. The Kier molecular flexibility index (Phi) is 3.24. The minimum atomic E-state index is 0.806. The summed E-state index contributed by atoms with van der Waals surface area (Å²) < 4.78 is 0. The van der Waals surface area contributed by atoms with Gasteiger partial charge < -0.3 is 10.2 Å². The summed E-state index contributed by atoms with van der Waals surface area (Å²) in [4.78, 5) is 2.41. The quantitative estimate of drug-likeness (QED) is 0.620. The van der Waals surface area contributed by atoms with Crippen LogP contribution in [0.3, 0.4) is 0 Å². The van der Waals surface area contributed by atoms with Crippen molar-refractivity contribution in [3.63, 3.8) is 0 Å². The topological polar surface area (TPSA) is 15.3 Å². The van der Waals surface area contributed by atoms with Gasteiger partial charge in [-0.1, -0.05) is 6.58 Å². The number of hydrogen-bond donors (Lipinski definition) is 1. The number of likely N-dealkylation sites (N-methyl/N-ethyl adjacent to an activating group) is 1. The molecule has 0 aliphatic heterocycles. The van der Waals surface area contributed by atoms with E-state index in [1.54, 1.807) is 0 Å². The summed E-state index contributed by atoms with van der Waals surface area (Å²) >= 11 is 0. The van der Waals surface area contributed by atoms with Gasteiger partial charge in [0.2, 0.25) is 0 Å². The van der Waals surface area contributed by atoms with Crippen LogP contribution in [0.4, 0.5) is 0 Å². The molecule has 0 amide bonds. The van der Waals surface area contributed by atoms with Crippen LogP contribution >= 0.6 is 0 Å². The summed E-state index contributed by atoms with van der Waals surface area (Å²) in [6, 6.07) is 0.806. The zero-order chi connectivity index (χ0) is 9.97. The number of hydrogen-bond acceptors (Lipinski definition) is 2. The van der Waals surface area contributed by atoms with Crippen molar-refractivity contribution < 1.29 is 0 Å². The fourth-order valence-electron chi connectivity index (χ4n) is 1.82. The third-order valence-corrected chi connectivity index (χ3v) is 2.98. The van der Waals surface area contributed by atoms with Gasteiger partial charge in [-0.05, 0) is 44.2 Å². The summed E-state index contributed by atoms with van der Waals surface area (Å²) in [7, 11) is 2.21. The van der Waals surface area contributed by atoms with E-state index in [1.165, 1.54) is 37.8 Å². The molecule has 2 aliphatic rings. The van der Waals surface area contributed by atoms with Gasteiger partial charge >= 0.3 is 0 Å². The molecule has 0 aromatic rings. The fourth-order valence-corrected chi connectivity index (χ4v) is 1.82. The predicted molar refractivity (Wildman–Crippen MR) is 60.4 cm³/mol. The molecule has 0 aromatic heterocycles. The van der Waals surface area contributed by atoms with Gasteiger partial charge in [0, 0.05) is 25.7 Å². The third kappa shape index (κ3) is 3.81. The Labute approximate surface area is 87.4 Å². The Balaban J connectivity index is 1.54. The predicted octanol–water partition coefficient (Wildman–Crippen LogP) is 1.64. The summed E-state index contributed by atoms with van der Waals surface area (Å²) in [6.07, 6.45) is 5.62. The highest BCUT2D eigenvalue weighted by atomic mass is 15.1. The van der Waals surface area contributed by atoms with Crippen molar-refractivity contribution in [1.29, 1.82) is 0 Å². The van der Waals surface area contributed by atoms with Crippen molar-refractivity contribution >= 4 is 0 Å². The first-order valence-corrected chi connectivity index (χ1v) is 5.82. The molecule has 14 heavy (non-hydrogen) atoms. The SMILES string of the molecule is C=C(CNC1CC1)CN(C)CC1CC1. The van der Waals surface area contributed by atoms with E-state index in [1.807, 2.05) is 0 Å². The molecule has 0 unspecified atom stereocenters. The second-order valence-electron chi connectivity index (χ2n) is 5.05. The van der Waals surface area contributed by atoms with E-state index < -0.39 is 0 Å². The highest BCUT2D eigenvalue weighted by molar-refractivity contribution is 5.01. The highest BCUT2D eigenvalue weighted by Crippen LogP contribution is 2.29. The second-order valence-corrected chi connectivity index (χ2v) is 5.05. The summed E-state index contributed by atoms with van der Waals surface area (Å²) in [5.74, 6) is 0.990. The average molecular weight is 194 g/mol. The summed E-state index contributed by atoms with van der Waals surface area (Å²) in [5, 5.41) is 3.50. The van der Waals surface area contributed by atoms with E-state index in [9.17, 15) is 0 Å². The minimum absolute atomic E-state index is 0.806. The lowest BCUT2D eigenvalue weighted by Gasteiger charge is -2.17. The van der Waals surface area contributed by atoms with Crippen LogP contribution in [0.1, 0.15) is 25.7 Å². The zero-order valence-electron chi connectivity index (χ0n) is 9.26. The highest BCUT2D eigenvalue weighted by Gasteiger charge is 2.23. The van der Waals surface area contributed by atoms with Gasteiger partial charge in [-0.15, -0.1) is 0 Å². The minimum Gasteiger partial charge on any atom is -0.310 e. The second kappa shape index (κ2) is 4.45. The van der Waals surface area contributed by atoms with Gasteiger partial charge in [-0.25, -0.2) is 0 Å². The molecule has 1 N–H and O–H groups in total.